The topological polar surface area (TPSA) is 56.7 Å². The number of nitrogens with zero attached hydrogens (tertiary/aromatic N) is 4. The Kier molecular flexibility index (Phi) is 3.75. The van der Waals surface area contributed by atoms with Gasteiger partial charge in [-0.25, -0.2) is 4.98 Å². The molecule has 0 amide bonds. The Morgan fingerprint density at radius 1 is 1.33 bits per heavy atom. The molecule has 0 N–H and O–H groups in total. The highest BCUT2D eigenvalue weighted by Crippen LogP contribution is 2.24. The molecule has 0 radical (unpaired) electrons. The maximum atomic E-state index is 5.64. The summed E-state index contributed by atoms with van der Waals surface area (Å²) in [7, 11) is 0. The molecule has 18 heavy (non-hydrogen) atoms. The molecule has 0 saturated carbocycles. The lowest BCUT2D eigenvalue weighted by Crippen LogP contribution is -2.11. The zero-order valence-electron chi connectivity index (χ0n) is 11.2. The summed E-state index contributed by atoms with van der Waals surface area (Å²) in [6, 6.07) is 0. The minimum atomic E-state index is -0.0994. The summed E-state index contributed by atoms with van der Waals surface area (Å²) in [5, 5.41) is 9.12. The number of thioether (sulfide) groups is 1. The van der Waals surface area contributed by atoms with Gasteiger partial charge in [0.2, 0.25) is 11.8 Å². The van der Waals surface area contributed by atoms with Crippen LogP contribution in [0.1, 0.15) is 39.5 Å². The lowest BCUT2D eigenvalue weighted by molar-refractivity contribution is 0.378. The maximum Gasteiger partial charge on any atom is 0.226 e. The molecule has 2 rings (SSSR count). The van der Waals surface area contributed by atoms with Crippen LogP contribution in [0.25, 0.3) is 0 Å². The number of hydrogen-bond donors (Lipinski definition) is 0. The van der Waals surface area contributed by atoms with Crippen LogP contribution in [-0.4, -0.2) is 19.7 Å². The van der Waals surface area contributed by atoms with Gasteiger partial charge in [-0.2, -0.15) is 0 Å². The van der Waals surface area contributed by atoms with E-state index in [1.807, 2.05) is 6.20 Å². The Labute approximate surface area is 111 Å². The van der Waals surface area contributed by atoms with Gasteiger partial charge in [-0.15, -0.1) is 10.2 Å². The third-order valence-corrected chi connectivity index (χ3v) is 3.44. The van der Waals surface area contributed by atoms with Crippen molar-refractivity contribution in [3.8, 4) is 0 Å². The number of aryl methyl sites for hydroxylation is 1. The van der Waals surface area contributed by atoms with Crippen molar-refractivity contribution in [2.24, 2.45) is 0 Å². The highest BCUT2D eigenvalue weighted by atomic mass is 32.2. The summed E-state index contributed by atoms with van der Waals surface area (Å²) in [5.74, 6) is 1.98. The summed E-state index contributed by atoms with van der Waals surface area (Å²) in [5.41, 5.74) is -0.0994. The molecular weight excluding hydrogens is 248 g/mol. The van der Waals surface area contributed by atoms with E-state index < -0.39 is 0 Å². The Balaban J connectivity index is 2.01. The predicted molar refractivity (Wildman–Crippen MR) is 70.5 cm³/mol. The standard InChI is InChI=1S/C12H18N4OS/c1-5-16-7-6-13-11(16)18-8-9-14-15-10(17-9)12(2,3)4/h6-7H,5,8H2,1-4H3. The Hall–Kier alpha value is -1.30. The second kappa shape index (κ2) is 5.14. The fourth-order valence-corrected chi connectivity index (χ4v) is 2.28. The van der Waals surface area contributed by atoms with Gasteiger partial charge in [0.05, 0.1) is 5.75 Å². The van der Waals surface area contributed by atoms with Crippen LogP contribution in [0.2, 0.25) is 0 Å². The van der Waals surface area contributed by atoms with Crippen molar-refractivity contribution in [1.29, 1.82) is 0 Å². The van der Waals surface area contributed by atoms with Crippen LogP contribution in [-0.2, 0) is 17.7 Å². The van der Waals surface area contributed by atoms with E-state index in [9.17, 15) is 0 Å². The van der Waals surface area contributed by atoms with Crippen molar-refractivity contribution >= 4 is 11.8 Å². The van der Waals surface area contributed by atoms with Crippen LogP contribution in [0.4, 0.5) is 0 Å². The Morgan fingerprint density at radius 3 is 2.72 bits per heavy atom. The van der Waals surface area contributed by atoms with Crippen LogP contribution in [0, 0.1) is 0 Å². The summed E-state index contributed by atoms with van der Waals surface area (Å²) < 4.78 is 7.73. The van der Waals surface area contributed by atoms with Crippen LogP contribution in [0.15, 0.2) is 22.0 Å². The van der Waals surface area contributed by atoms with E-state index in [0.717, 1.165) is 11.7 Å². The fraction of sp³-hybridized carbons (Fsp3) is 0.583. The van der Waals surface area contributed by atoms with E-state index >= 15 is 0 Å². The molecule has 0 bridgehead atoms. The quantitative estimate of drug-likeness (QED) is 0.796. The summed E-state index contributed by atoms with van der Waals surface area (Å²) >= 11 is 1.61. The normalized spacial score (nSPS) is 12.0. The smallest absolute Gasteiger partial charge is 0.226 e. The molecule has 2 aromatic heterocycles. The molecule has 6 heteroatoms. The summed E-state index contributed by atoms with van der Waals surface area (Å²) in [6.07, 6.45) is 3.77. The monoisotopic (exact) mass is 266 g/mol. The van der Waals surface area contributed by atoms with E-state index in [1.165, 1.54) is 0 Å². The highest BCUT2D eigenvalue weighted by molar-refractivity contribution is 7.98. The molecule has 0 aliphatic rings. The first kappa shape index (κ1) is 13.1. The molecule has 0 aromatic carbocycles. The van der Waals surface area contributed by atoms with Crippen molar-refractivity contribution in [3.63, 3.8) is 0 Å². The van der Waals surface area contributed by atoms with Gasteiger partial charge in [-0.3, -0.25) is 0 Å². The zero-order chi connectivity index (χ0) is 13.2. The van der Waals surface area contributed by atoms with E-state index in [0.29, 0.717) is 17.5 Å². The molecule has 0 saturated heterocycles. The molecule has 5 nitrogen and oxygen atoms in total. The van der Waals surface area contributed by atoms with Crippen molar-refractivity contribution in [2.45, 2.75) is 50.6 Å². The van der Waals surface area contributed by atoms with Crippen LogP contribution in [0.3, 0.4) is 0 Å². The second-order valence-electron chi connectivity index (χ2n) is 5.04. The van der Waals surface area contributed by atoms with Crippen LogP contribution >= 0.6 is 11.8 Å². The van der Waals surface area contributed by atoms with Gasteiger partial charge in [0.15, 0.2) is 5.16 Å². The number of imidazole rings is 1. The molecule has 0 aliphatic carbocycles. The maximum absolute atomic E-state index is 5.64. The first-order valence-corrected chi connectivity index (χ1v) is 6.96. The first-order chi connectivity index (χ1) is 8.50. The zero-order valence-corrected chi connectivity index (χ0v) is 12.0. The number of rotatable bonds is 4. The van der Waals surface area contributed by atoms with Gasteiger partial charge in [0.25, 0.3) is 0 Å². The molecule has 0 unspecified atom stereocenters. The largest absolute Gasteiger partial charge is 0.424 e. The van der Waals surface area contributed by atoms with Crippen molar-refractivity contribution < 1.29 is 4.42 Å². The van der Waals surface area contributed by atoms with Crippen molar-refractivity contribution in [3.05, 3.63) is 24.2 Å². The van der Waals surface area contributed by atoms with Crippen LogP contribution < -0.4 is 0 Å². The van der Waals surface area contributed by atoms with Gasteiger partial charge < -0.3 is 8.98 Å². The molecule has 2 heterocycles. The van der Waals surface area contributed by atoms with Gasteiger partial charge in [0.1, 0.15) is 0 Å². The lowest BCUT2D eigenvalue weighted by atomic mass is 9.97. The summed E-state index contributed by atoms with van der Waals surface area (Å²) in [4.78, 5) is 4.29. The van der Waals surface area contributed by atoms with Gasteiger partial charge in [-0.1, -0.05) is 32.5 Å². The van der Waals surface area contributed by atoms with Crippen molar-refractivity contribution in [2.75, 3.05) is 0 Å². The Bertz CT molecular complexity index is 512. The molecule has 0 fully saturated rings. The minimum absolute atomic E-state index is 0.0994. The Morgan fingerprint density at radius 2 is 2.11 bits per heavy atom. The predicted octanol–water partition coefficient (Wildman–Crippen LogP) is 2.88. The summed E-state index contributed by atoms with van der Waals surface area (Å²) in [6.45, 7) is 9.18. The first-order valence-electron chi connectivity index (χ1n) is 5.97. The average Bonchev–Trinajstić information content (AvgIpc) is 2.94. The molecule has 0 spiro atoms. The highest BCUT2D eigenvalue weighted by Gasteiger charge is 2.21. The van der Waals surface area contributed by atoms with E-state index in [2.05, 4.69) is 47.4 Å². The number of hydrogen-bond acceptors (Lipinski definition) is 5. The molecule has 2 aromatic rings. The lowest BCUT2D eigenvalue weighted by Gasteiger charge is -2.10. The van der Waals surface area contributed by atoms with Crippen LogP contribution in [0.5, 0.6) is 0 Å². The molecule has 0 aliphatic heterocycles. The van der Waals surface area contributed by atoms with E-state index in [1.54, 1.807) is 18.0 Å². The number of aromatic nitrogens is 4. The van der Waals surface area contributed by atoms with E-state index in [4.69, 9.17) is 4.42 Å². The van der Waals surface area contributed by atoms with Gasteiger partial charge in [-0.05, 0) is 6.92 Å². The average molecular weight is 266 g/mol. The third-order valence-electron chi connectivity index (χ3n) is 2.45. The molecule has 98 valence electrons. The second-order valence-corrected chi connectivity index (χ2v) is 5.98. The third kappa shape index (κ3) is 2.93. The molecule has 0 atom stereocenters. The van der Waals surface area contributed by atoms with Gasteiger partial charge >= 0.3 is 0 Å². The van der Waals surface area contributed by atoms with E-state index in [-0.39, 0.29) is 5.41 Å². The van der Waals surface area contributed by atoms with Crippen molar-refractivity contribution in [1.82, 2.24) is 19.7 Å². The SMILES string of the molecule is CCn1ccnc1SCc1nnc(C(C)(C)C)o1. The fourth-order valence-electron chi connectivity index (χ4n) is 1.42. The van der Waals surface area contributed by atoms with Gasteiger partial charge in [0, 0.05) is 24.4 Å². The minimum Gasteiger partial charge on any atom is -0.424 e. The molecular formula is C12H18N4OS.